The number of hydrogen-bond acceptors (Lipinski definition) is 4. The van der Waals surface area contributed by atoms with Crippen LogP contribution in [0.4, 0.5) is 11.4 Å². The van der Waals surface area contributed by atoms with Gasteiger partial charge in [0, 0.05) is 22.0 Å². The number of anilines is 2. The van der Waals surface area contributed by atoms with Crippen molar-refractivity contribution in [3.63, 3.8) is 0 Å². The highest BCUT2D eigenvalue weighted by Crippen LogP contribution is 2.20. The summed E-state index contributed by atoms with van der Waals surface area (Å²) >= 11 is 5.79. The van der Waals surface area contributed by atoms with Gasteiger partial charge >= 0.3 is 5.97 Å². The fourth-order valence-corrected chi connectivity index (χ4v) is 3.70. The van der Waals surface area contributed by atoms with Gasteiger partial charge in [0.25, 0.3) is 15.9 Å². The Labute approximate surface area is 172 Å². The number of benzene rings is 3. The Morgan fingerprint density at radius 3 is 2.17 bits per heavy atom. The molecule has 0 spiro atoms. The van der Waals surface area contributed by atoms with Crippen LogP contribution in [0.2, 0.25) is 5.02 Å². The number of halogens is 1. The second kappa shape index (κ2) is 8.34. The van der Waals surface area contributed by atoms with Gasteiger partial charge in [-0.15, -0.1) is 0 Å². The van der Waals surface area contributed by atoms with Crippen LogP contribution >= 0.6 is 11.6 Å². The van der Waals surface area contributed by atoms with Crippen molar-refractivity contribution in [3.05, 3.63) is 88.9 Å². The molecule has 3 aromatic carbocycles. The number of nitrogens with one attached hydrogen (secondary N) is 2. The third kappa shape index (κ3) is 5.13. The molecule has 0 fully saturated rings. The lowest BCUT2D eigenvalue weighted by Gasteiger charge is -2.10. The monoisotopic (exact) mass is 430 g/mol. The molecule has 0 atom stereocenters. The van der Waals surface area contributed by atoms with Crippen molar-refractivity contribution in [1.82, 2.24) is 0 Å². The molecule has 9 heteroatoms. The van der Waals surface area contributed by atoms with E-state index < -0.39 is 21.9 Å². The average Bonchev–Trinajstić information content (AvgIpc) is 2.70. The fourth-order valence-electron chi connectivity index (χ4n) is 2.47. The van der Waals surface area contributed by atoms with Crippen molar-refractivity contribution in [3.8, 4) is 0 Å². The minimum absolute atomic E-state index is 0.0197. The molecular weight excluding hydrogens is 416 g/mol. The van der Waals surface area contributed by atoms with E-state index in [4.69, 9.17) is 16.7 Å². The van der Waals surface area contributed by atoms with Crippen LogP contribution in [-0.4, -0.2) is 25.4 Å². The maximum atomic E-state index is 12.6. The van der Waals surface area contributed by atoms with Crippen LogP contribution in [0, 0.1) is 0 Å². The van der Waals surface area contributed by atoms with E-state index >= 15 is 0 Å². The zero-order valence-corrected chi connectivity index (χ0v) is 16.4. The second-order valence-electron chi connectivity index (χ2n) is 5.98. The molecule has 29 heavy (non-hydrogen) atoms. The van der Waals surface area contributed by atoms with Gasteiger partial charge in [0.15, 0.2) is 0 Å². The molecule has 0 bridgehead atoms. The van der Waals surface area contributed by atoms with Crippen LogP contribution in [0.15, 0.2) is 77.7 Å². The minimum atomic E-state index is -3.92. The standard InChI is InChI=1S/C20H15ClN2O5S/c21-15-7-9-16(10-8-15)23-29(27,28)18-6-2-3-13(12-18)19(24)22-17-5-1-4-14(11-17)20(25)26/h1-12,23H,(H,22,24)(H,25,26). The predicted octanol–water partition coefficient (Wildman–Crippen LogP) is 4.09. The summed E-state index contributed by atoms with van der Waals surface area (Å²) in [5.74, 6) is -1.70. The first-order valence-electron chi connectivity index (χ1n) is 8.28. The molecule has 0 aliphatic heterocycles. The average molecular weight is 431 g/mol. The van der Waals surface area contributed by atoms with Crippen LogP contribution < -0.4 is 10.0 Å². The summed E-state index contributed by atoms with van der Waals surface area (Å²) in [6.45, 7) is 0. The molecule has 0 unspecified atom stereocenters. The Hall–Kier alpha value is -3.36. The summed E-state index contributed by atoms with van der Waals surface area (Å²) in [5, 5.41) is 12.1. The van der Waals surface area contributed by atoms with Gasteiger partial charge in [-0.1, -0.05) is 23.7 Å². The first-order valence-corrected chi connectivity index (χ1v) is 10.1. The summed E-state index contributed by atoms with van der Waals surface area (Å²) in [7, 11) is -3.92. The first kappa shape index (κ1) is 20.4. The Morgan fingerprint density at radius 1 is 0.828 bits per heavy atom. The van der Waals surface area contributed by atoms with Gasteiger partial charge in [0.2, 0.25) is 0 Å². The quantitative estimate of drug-likeness (QED) is 0.545. The van der Waals surface area contributed by atoms with Crippen LogP contribution in [0.3, 0.4) is 0 Å². The lowest BCUT2D eigenvalue weighted by molar-refractivity contribution is 0.0696. The van der Waals surface area contributed by atoms with Gasteiger partial charge in [-0.05, 0) is 60.7 Å². The van der Waals surface area contributed by atoms with Crippen LogP contribution in [0.5, 0.6) is 0 Å². The Morgan fingerprint density at radius 2 is 1.48 bits per heavy atom. The summed E-state index contributed by atoms with van der Waals surface area (Å²) in [6, 6.07) is 17.4. The summed E-state index contributed by atoms with van der Waals surface area (Å²) in [5.41, 5.74) is 0.730. The highest BCUT2D eigenvalue weighted by molar-refractivity contribution is 7.92. The molecule has 3 N–H and O–H groups in total. The van der Waals surface area contributed by atoms with E-state index in [-0.39, 0.29) is 21.7 Å². The normalized spacial score (nSPS) is 10.9. The van der Waals surface area contributed by atoms with Crippen LogP contribution in [0.25, 0.3) is 0 Å². The number of carboxylic acid groups (broad SMARTS) is 1. The van der Waals surface area contributed by atoms with E-state index in [2.05, 4.69) is 10.0 Å². The molecular formula is C20H15ClN2O5S. The molecule has 0 aliphatic rings. The van der Waals surface area contributed by atoms with E-state index in [1.54, 1.807) is 12.1 Å². The Balaban J connectivity index is 1.81. The SMILES string of the molecule is O=C(O)c1cccc(NC(=O)c2cccc(S(=O)(=O)Nc3ccc(Cl)cc3)c2)c1. The van der Waals surface area contributed by atoms with E-state index in [9.17, 15) is 18.0 Å². The van der Waals surface area contributed by atoms with Crippen molar-refractivity contribution >= 4 is 44.9 Å². The highest BCUT2D eigenvalue weighted by atomic mass is 35.5. The third-order valence-electron chi connectivity index (χ3n) is 3.87. The Bertz CT molecular complexity index is 1180. The first-order chi connectivity index (χ1) is 13.7. The molecule has 0 saturated heterocycles. The smallest absolute Gasteiger partial charge is 0.335 e. The number of hydrogen-bond donors (Lipinski definition) is 3. The second-order valence-corrected chi connectivity index (χ2v) is 8.10. The van der Waals surface area contributed by atoms with Crippen molar-refractivity contribution in [2.75, 3.05) is 10.0 Å². The van der Waals surface area contributed by atoms with E-state index in [1.807, 2.05) is 0 Å². The summed E-state index contributed by atoms with van der Waals surface area (Å²) in [4.78, 5) is 23.4. The maximum absolute atomic E-state index is 12.6. The molecule has 0 saturated carbocycles. The Kier molecular flexibility index (Phi) is 5.86. The molecule has 148 valence electrons. The molecule has 0 aliphatic carbocycles. The minimum Gasteiger partial charge on any atom is -0.478 e. The van der Waals surface area contributed by atoms with Crippen LogP contribution in [0.1, 0.15) is 20.7 Å². The van der Waals surface area contributed by atoms with Gasteiger partial charge in [0.05, 0.1) is 10.5 Å². The molecule has 0 radical (unpaired) electrons. The number of carbonyl (C=O) groups excluding carboxylic acids is 1. The summed E-state index contributed by atoms with van der Waals surface area (Å²) in [6.07, 6.45) is 0. The number of carbonyl (C=O) groups is 2. The highest BCUT2D eigenvalue weighted by Gasteiger charge is 2.17. The van der Waals surface area contributed by atoms with Crippen molar-refractivity contribution in [1.29, 1.82) is 0 Å². The van der Waals surface area contributed by atoms with E-state index in [0.717, 1.165) is 0 Å². The molecule has 1 amide bonds. The predicted molar refractivity (Wildman–Crippen MR) is 110 cm³/mol. The number of rotatable bonds is 6. The lowest BCUT2D eigenvalue weighted by Crippen LogP contribution is -2.16. The molecule has 0 heterocycles. The lowest BCUT2D eigenvalue weighted by atomic mass is 10.2. The number of aromatic carboxylic acids is 1. The van der Waals surface area contributed by atoms with Crippen molar-refractivity contribution in [2.24, 2.45) is 0 Å². The zero-order valence-electron chi connectivity index (χ0n) is 14.8. The van der Waals surface area contributed by atoms with Crippen LogP contribution in [-0.2, 0) is 10.0 Å². The number of carboxylic acids is 1. The molecule has 3 rings (SSSR count). The molecule has 7 nitrogen and oxygen atoms in total. The number of sulfonamides is 1. The summed E-state index contributed by atoms with van der Waals surface area (Å²) < 4.78 is 27.6. The van der Waals surface area contributed by atoms with E-state index in [1.165, 1.54) is 60.7 Å². The molecule has 3 aromatic rings. The van der Waals surface area contributed by atoms with Gasteiger partial charge in [-0.2, -0.15) is 0 Å². The van der Waals surface area contributed by atoms with Gasteiger partial charge in [-0.3, -0.25) is 9.52 Å². The van der Waals surface area contributed by atoms with Gasteiger partial charge in [0.1, 0.15) is 0 Å². The van der Waals surface area contributed by atoms with Crippen molar-refractivity contribution < 1.29 is 23.1 Å². The third-order valence-corrected chi connectivity index (χ3v) is 5.50. The topological polar surface area (TPSA) is 113 Å². The van der Waals surface area contributed by atoms with Gasteiger partial charge in [-0.25, -0.2) is 13.2 Å². The number of amides is 1. The largest absolute Gasteiger partial charge is 0.478 e. The maximum Gasteiger partial charge on any atom is 0.335 e. The van der Waals surface area contributed by atoms with Gasteiger partial charge < -0.3 is 10.4 Å². The molecule has 0 aromatic heterocycles. The fraction of sp³-hybridized carbons (Fsp3) is 0. The van der Waals surface area contributed by atoms with Crippen molar-refractivity contribution in [2.45, 2.75) is 4.90 Å². The van der Waals surface area contributed by atoms with E-state index in [0.29, 0.717) is 10.7 Å². The zero-order chi connectivity index (χ0) is 21.0.